The summed E-state index contributed by atoms with van der Waals surface area (Å²) in [5, 5.41) is 13.6. The van der Waals surface area contributed by atoms with Crippen LogP contribution in [0, 0.1) is 0 Å². The molecule has 25 heavy (non-hydrogen) atoms. The Kier molecular flexibility index (Phi) is 4.14. The summed E-state index contributed by atoms with van der Waals surface area (Å²) in [4.78, 5) is 16.7. The molecule has 0 saturated carbocycles. The number of hydrogen-bond donors (Lipinski definition) is 3. The first-order chi connectivity index (χ1) is 12.2. The van der Waals surface area contributed by atoms with Crippen LogP contribution >= 0.6 is 0 Å². The van der Waals surface area contributed by atoms with Gasteiger partial charge in [0.1, 0.15) is 5.82 Å². The molecular formula is C17H22N6O2. The Labute approximate surface area is 146 Å². The van der Waals surface area contributed by atoms with Crippen molar-refractivity contribution in [3.8, 4) is 0 Å². The average Bonchev–Trinajstić information content (AvgIpc) is 3.06. The van der Waals surface area contributed by atoms with Crippen LogP contribution in [0.15, 0.2) is 24.4 Å². The summed E-state index contributed by atoms with van der Waals surface area (Å²) < 4.78 is 8.04. The van der Waals surface area contributed by atoms with Crippen LogP contribution in [0.1, 0.15) is 29.0 Å². The van der Waals surface area contributed by atoms with Crippen molar-refractivity contribution in [2.45, 2.75) is 31.6 Å². The molecule has 132 valence electrons. The normalized spacial score (nSPS) is 18.6. The van der Waals surface area contributed by atoms with Gasteiger partial charge in [0.05, 0.1) is 36.3 Å². The maximum Gasteiger partial charge on any atom is 0.276 e. The number of rotatable bonds is 3. The van der Waals surface area contributed by atoms with Crippen molar-refractivity contribution >= 4 is 17.4 Å². The maximum absolute atomic E-state index is 12.5. The molecule has 0 aliphatic carbocycles. The lowest BCUT2D eigenvalue weighted by Gasteiger charge is -2.40. The number of amides is 1. The Bertz CT molecular complexity index is 764. The summed E-state index contributed by atoms with van der Waals surface area (Å²) in [5.41, 5.74) is 1.84. The van der Waals surface area contributed by atoms with Gasteiger partial charge < -0.3 is 20.7 Å². The van der Waals surface area contributed by atoms with E-state index in [0.29, 0.717) is 24.5 Å². The summed E-state index contributed by atoms with van der Waals surface area (Å²) in [7, 11) is 1.80. The maximum atomic E-state index is 12.5. The lowest BCUT2D eigenvalue weighted by Crippen LogP contribution is -2.49. The first-order valence-electron chi connectivity index (χ1n) is 8.54. The number of anilines is 2. The zero-order valence-corrected chi connectivity index (χ0v) is 14.2. The van der Waals surface area contributed by atoms with E-state index >= 15 is 0 Å². The number of carbonyl (C=O) groups is 1. The quantitative estimate of drug-likeness (QED) is 0.777. The standard InChI is InChI=1S/C17H22N6O2/c1-18-15-3-2-12(9-20-15)21-16(24)14-8-13-10-25-17(11-23(13)22-14)4-6-19-7-5-17/h2-3,8-9,19H,4-7,10-11H2,1H3,(H,18,20)(H,21,24). The van der Waals surface area contributed by atoms with Crippen LogP contribution in [-0.2, 0) is 17.9 Å². The van der Waals surface area contributed by atoms with Crippen LogP contribution in [0.5, 0.6) is 0 Å². The summed E-state index contributed by atoms with van der Waals surface area (Å²) in [6.07, 6.45) is 3.56. The fraction of sp³-hybridized carbons (Fsp3) is 0.471. The third-order valence-corrected chi connectivity index (χ3v) is 4.85. The average molecular weight is 342 g/mol. The smallest absolute Gasteiger partial charge is 0.276 e. The molecule has 0 unspecified atom stereocenters. The van der Waals surface area contributed by atoms with E-state index in [1.54, 1.807) is 25.4 Å². The van der Waals surface area contributed by atoms with Crippen molar-refractivity contribution in [1.82, 2.24) is 20.1 Å². The largest absolute Gasteiger partial charge is 0.373 e. The van der Waals surface area contributed by atoms with E-state index in [1.165, 1.54) is 0 Å². The fourth-order valence-electron chi connectivity index (χ4n) is 3.36. The third-order valence-electron chi connectivity index (χ3n) is 4.85. The number of nitrogens with zero attached hydrogens (tertiary/aromatic N) is 3. The Morgan fingerprint density at radius 2 is 2.20 bits per heavy atom. The molecular weight excluding hydrogens is 320 g/mol. The SMILES string of the molecule is CNc1ccc(NC(=O)c2cc3n(n2)CC2(CCNCC2)OC3)cn1. The van der Waals surface area contributed by atoms with Gasteiger partial charge >= 0.3 is 0 Å². The number of nitrogens with one attached hydrogen (secondary N) is 3. The van der Waals surface area contributed by atoms with Crippen LogP contribution in [0.3, 0.4) is 0 Å². The van der Waals surface area contributed by atoms with Gasteiger partial charge in [-0.25, -0.2) is 4.98 Å². The first kappa shape index (κ1) is 16.0. The summed E-state index contributed by atoms with van der Waals surface area (Å²) in [5.74, 6) is 0.514. The minimum atomic E-state index is -0.236. The number of pyridine rings is 1. The van der Waals surface area contributed by atoms with Crippen molar-refractivity contribution in [1.29, 1.82) is 0 Å². The van der Waals surface area contributed by atoms with E-state index in [0.717, 1.165) is 37.4 Å². The Hall–Kier alpha value is -2.45. The molecule has 1 saturated heterocycles. The van der Waals surface area contributed by atoms with Gasteiger partial charge in [-0.05, 0) is 44.1 Å². The number of piperidine rings is 1. The van der Waals surface area contributed by atoms with E-state index in [4.69, 9.17) is 4.74 Å². The van der Waals surface area contributed by atoms with Crippen molar-refractivity contribution in [3.05, 3.63) is 35.8 Å². The monoisotopic (exact) mass is 342 g/mol. The van der Waals surface area contributed by atoms with Crippen molar-refractivity contribution in [2.75, 3.05) is 30.8 Å². The van der Waals surface area contributed by atoms with Crippen LogP contribution < -0.4 is 16.0 Å². The van der Waals surface area contributed by atoms with Crippen LogP contribution in [0.4, 0.5) is 11.5 Å². The minimum absolute atomic E-state index is 0.148. The molecule has 2 aliphatic heterocycles. The molecule has 1 amide bonds. The third kappa shape index (κ3) is 3.22. The van der Waals surface area contributed by atoms with Crippen LogP contribution in [0.25, 0.3) is 0 Å². The summed E-state index contributed by atoms with van der Waals surface area (Å²) in [6, 6.07) is 5.42. The summed E-state index contributed by atoms with van der Waals surface area (Å²) >= 11 is 0. The molecule has 0 bridgehead atoms. The molecule has 0 aromatic carbocycles. The van der Waals surface area contributed by atoms with Crippen molar-refractivity contribution in [2.24, 2.45) is 0 Å². The summed E-state index contributed by atoms with van der Waals surface area (Å²) in [6.45, 7) is 3.12. The van der Waals surface area contributed by atoms with E-state index in [9.17, 15) is 4.79 Å². The highest BCUT2D eigenvalue weighted by Gasteiger charge is 2.38. The topological polar surface area (TPSA) is 93.1 Å². The predicted octanol–water partition coefficient (Wildman–Crippen LogP) is 1.22. The van der Waals surface area contributed by atoms with E-state index in [1.807, 2.05) is 10.7 Å². The lowest BCUT2D eigenvalue weighted by molar-refractivity contribution is -0.109. The molecule has 2 aromatic heterocycles. The van der Waals surface area contributed by atoms with E-state index < -0.39 is 0 Å². The van der Waals surface area contributed by atoms with Gasteiger partial charge in [-0.15, -0.1) is 0 Å². The zero-order chi connectivity index (χ0) is 17.3. The Morgan fingerprint density at radius 3 is 2.92 bits per heavy atom. The fourth-order valence-corrected chi connectivity index (χ4v) is 3.36. The van der Waals surface area contributed by atoms with Crippen molar-refractivity contribution < 1.29 is 9.53 Å². The van der Waals surface area contributed by atoms with Crippen LogP contribution in [-0.4, -0.2) is 46.4 Å². The second kappa shape index (κ2) is 6.45. The highest BCUT2D eigenvalue weighted by Crippen LogP contribution is 2.31. The van der Waals surface area contributed by atoms with Gasteiger partial charge in [0.2, 0.25) is 0 Å². The van der Waals surface area contributed by atoms with Gasteiger partial charge in [0.15, 0.2) is 5.69 Å². The number of carbonyl (C=O) groups excluding carboxylic acids is 1. The number of hydrogen-bond acceptors (Lipinski definition) is 6. The highest BCUT2D eigenvalue weighted by atomic mass is 16.5. The molecule has 0 atom stereocenters. The molecule has 0 radical (unpaired) electrons. The second-order valence-electron chi connectivity index (χ2n) is 6.54. The molecule has 1 fully saturated rings. The van der Waals surface area contributed by atoms with Gasteiger partial charge in [0.25, 0.3) is 5.91 Å². The lowest BCUT2D eigenvalue weighted by atomic mass is 9.91. The molecule has 2 aromatic rings. The molecule has 2 aliphatic rings. The molecule has 4 heterocycles. The van der Waals surface area contributed by atoms with Crippen molar-refractivity contribution in [3.63, 3.8) is 0 Å². The first-order valence-corrected chi connectivity index (χ1v) is 8.54. The molecule has 1 spiro atoms. The molecule has 8 nitrogen and oxygen atoms in total. The van der Waals surface area contributed by atoms with Gasteiger partial charge in [-0.2, -0.15) is 5.10 Å². The number of aromatic nitrogens is 3. The van der Waals surface area contributed by atoms with Crippen LogP contribution in [0.2, 0.25) is 0 Å². The number of fused-ring (bicyclic) bond motifs is 1. The number of ether oxygens (including phenoxy) is 1. The molecule has 4 rings (SSSR count). The molecule has 8 heteroatoms. The Morgan fingerprint density at radius 1 is 1.36 bits per heavy atom. The van der Waals surface area contributed by atoms with Gasteiger partial charge in [-0.1, -0.05) is 0 Å². The van der Waals surface area contributed by atoms with Gasteiger partial charge in [0, 0.05) is 7.05 Å². The van der Waals surface area contributed by atoms with Gasteiger partial charge in [-0.3, -0.25) is 9.48 Å². The zero-order valence-electron chi connectivity index (χ0n) is 14.2. The Balaban J connectivity index is 1.47. The molecule has 3 N–H and O–H groups in total. The second-order valence-corrected chi connectivity index (χ2v) is 6.54. The van der Waals surface area contributed by atoms with E-state index in [-0.39, 0.29) is 11.5 Å². The minimum Gasteiger partial charge on any atom is -0.373 e. The highest BCUT2D eigenvalue weighted by molar-refractivity contribution is 6.02. The van der Waals surface area contributed by atoms with E-state index in [2.05, 4.69) is 26.0 Å². The predicted molar refractivity (Wildman–Crippen MR) is 93.6 cm³/mol.